The van der Waals surface area contributed by atoms with Crippen LogP contribution in [0, 0.1) is 18.3 Å². The van der Waals surface area contributed by atoms with Gasteiger partial charge < -0.3 is 4.40 Å². The van der Waals surface area contributed by atoms with Gasteiger partial charge >= 0.3 is 0 Å². The second-order valence-electron chi connectivity index (χ2n) is 5.25. The fourth-order valence-corrected chi connectivity index (χ4v) is 2.54. The molecule has 0 N–H and O–H groups in total. The molecular formula is C18H17N3. The van der Waals surface area contributed by atoms with E-state index < -0.39 is 0 Å². The summed E-state index contributed by atoms with van der Waals surface area (Å²) in [4.78, 5) is 4.64. The third-order valence-corrected chi connectivity index (χ3v) is 3.87. The third kappa shape index (κ3) is 2.53. The summed E-state index contributed by atoms with van der Waals surface area (Å²) in [6.07, 6.45) is 3.90. The Morgan fingerprint density at radius 1 is 1.10 bits per heavy atom. The molecule has 0 spiro atoms. The molecule has 3 heteroatoms. The van der Waals surface area contributed by atoms with Crippen molar-refractivity contribution >= 4 is 5.65 Å². The SMILES string of the molecule is CCc1ccc(Cc2cn3c(C)c(C#N)ccc3n2)cc1. The molecule has 104 valence electrons. The van der Waals surface area contributed by atoms with Gasteiger partial charge in [-0.3, -0.25) is 0 Å². The number of aryl methyl sites for hydroxylation is 2. The van der Waals surface area contributed by atoms with Gasteiger partial charge in [-0.25, -0.2) is 4.98 Å². The number of pyridine rings is 1. The zero-order chi connectivity index (χ0) is 14.8. The molecule has 2 heterocycles. The summed E-state index contributed by atoms with van der Waals surface area (Å²) in [6, 6.07) is 14.6. The highest BCUT2D eigenvalue weighted by Crippen LogP contribution is 2.15. The first-order chi connectivity index (χ1) is 10.2. The molecule has 0 fully saturated rings. The molecule has 0 bridgehead atoms. The van der Waals surface area contributed by atoms with E-state index in [1.54, 1.807) is 0 Å². The standard InChI is InChI=1S/C18H17N3/c1-3-14-4-6-15(7-5-14)10-17-12-21-13(2)16(11-19)8-9-18(21)20-17/h4-9,12H,3,10H2,1-2H3. The van der Waals surface area contributed by atoms with Crippen molar-refractivity contribution < 1.29 is 0 Å². The molecule has 0 aliphatic heterocycles. The van der Waals surface area contributed by atoms with Crippen molar-refractivity contribution in [1.82, 2.24) is 9.38 Å². The molecule has 0 amide bonds. The summed E-state index contributed by atoms with van der Waals surface area (Å²) in [5.41, 5.74) is 6.16. The van der Waals surface area contributed by atoms with Crippen molar-refractivity contribution in [3.63, 3.8) is 0 Å². The molecule has 21 heavy (non-hydrogen) atoms. The molecule has 3 rings (SSSR count). The van der Waals surface area contributed by atoms with Crippen LogP contribution in [0.1, 0.15) is 35.0 Å². The molecule has 0 radical (unpaired) electrons. The van der Waals surface area contributed by atoms with E-state index in [1.807, 2.05) is 29.7 Å². The Morgan fingerprint density at radius 3 is 2.48 bits per heavy atom. The van der Waals surface area contributed by atoms with Gasteiger partial charge in [0.15, 0.2) is 0 Å². The summed E-state index contributed by atoms with van der Waals surface area (Å²) in [5.74, 6) is 0. The minimum Gasteiger partial charge on any atom is -0.303 e. The van der Waals surface area contributed by atoms with Crippen molar-refractivity contribution in [1.29, 1.82) is 5.26 Å². The van der Waals surface area contributed by atoms with Gasteiger partial charge in [0.05, 0.1) is 11.3 Å². The Hall–Kier alpha value is -2.60. The Labute approximate surface area is 124 Å². The molecule has 0 saturated heterocycles. The number of nitriles is 1. The van der Waals surface area contributed by atoms with E-state index >= 15 is 0 Å². The maximum absolute atomic E-state index is 9.09. The zero-order valence-corrected chi connectivity index (χ0v) is 12.3. The van der Waals surface area contributed by atoms with Crippen LogP contribution in [0.3, 0.4) is 0 Å². The number of fused-ring (bicyclic) bond motifs is 1. The highest BCUT2D eigenvalue weighted by Gasteiger charge is 2.07. The van der Waals surface area contributed by atoms with Gasteiger partial charge in [0.1, 0.15) is 11.7 Å². The van der Waals surface area contributed by atoms with Gasteiger partial charge in [0.25, 0.3) is 0 Å². The average molecular weight is 275 g/mol. The van der Waals surface area contributed by atoms with E-state index in [0.717, 1.165) is 29.9 Å². The number of benzene rings is 1. The van der Waals surface area contributed by atoms with Crippen molar-refractivity contribution in [2.45, 2.75) is 26.7 Å². The molecule has 0 aliphatic carbocycles. The van der Waals surface area contributed by atoms with Crippen LogP contribution in [-0.4, -0.2) is 9.38 Å². The number of hydrogen-bond acceptors (Lipinski definition) is 2. The van der Waals surface area contributed by atoms with E-state index in [4.69, 9.17) is 5.26 Å². The molecule has 0 aliphatic rings. The predicted octanol–water partition coefficient (Wildman–Crippen LogP) is 3.67. The first-order valence-electron chi connectivity index (χ1n) is 7.16. The Kier molecular flexibility index (Phi) is 3.45. The van der Waals surface area contributed by atoms with Crippen molar-refractivity contribution in [2.75, 3.05) is 0 Å². The fraction of sp³-hybridized carbons (Fsp3) is 0.222. The highest BCUT2D eigenvalue weighted by molar-refractivity contribution is 5.48. The van der Waals surface area contributed by atoms with Crippen molar-refractivity contribution in [3.05, 3.63) is 70.7 Å². The van der Waals surface area contributed by atoms with Gasteiger partial charge in [-0.1, -0.05) is 31.2 Å². The Morgan fingerprint density at radius 2 is 1.81 bits per heavy atom. The van der Waals surface area contributed by atoms with Gasteiger partial charge in [0, 0.05) is 18.3 Å². The van der Waals surface area contributed by atoms with E-state index in [1.165, 1.54) is 11.1 Å². The molecule has 1 aromatic carbocycles. The second kappa shape index (κ2) is 5.41. The minimum absolute atomic E-state index is 0.693. The van der Waals surface area contributed by atoms with Crippen molar-refractivity contribution in [3.8, 4) is 6.07 Å². The first kappa shape index (κ1) is 13.4. The molecule has 0 saturated carbocycles. The highest BCUT2D eigenvalue weighted by atomic mass is 15.0. The zero-order valence-electron chi connectivity index (χ0n) is 12.3. The van der Waals surface area contributed by atoms with Crippen LogP contribution < -0.4 is 0 Å². The van der Waals surface area contributed by atoms with E-state index in [9.17, 15) is 0 Å². The minimum atomic E-state index is 0.693. The molecule has 0 atom stereocenters. The number of rotatable bonds is 3. The summed E-state index contributed by atoms with van der Waals surface area (Å²) in [7, 11) is 0. The Bertz CT molecular complexity index is 820. The smallest absolute Gasteiger partial charge is 0.137 e. The van der Waals surface area contributed by atoms with Crippen LogP contribution in [-0.2, 0) is 12.8 Å². The van der Waals surface area contributed by atoms with Crippen LogP contribution in [0.4, 0.5) is 0 Å². The van der Waals surface area contributed by atoms with Gasteiger partial charge in [-0.2, -0.15) is 5.26 Å². The van der Waals surface area contributed by atoms with Crippen LogP contribution in [0.25, 0.3) is 5.65 Å². The Balaban J connectivity index is 1.94. The third-order valence-electron chi connectivity index (χ3n) is 3.87. The van der Waals surface area contributed by atoms with Gasteiger partial charge in [-0.05, 0) is 36.6 Å². The molecule has 0 unspecified atom stereocenters. The van der Waals surface area contributed by atoms with Gasteiger partial charge in [-0.15, -0.1) is 0 Å². The van der Waals surface area contributed by atoms with E-state index in [0.29, 0.717) is 5.56 Å². The lowest BCUT2D eigenvalue weighted by Gasteiger charge is -2.00. The van der Waals surface area contributed by atoms with Gasteiger partial charge in [0.2, 0.25) is 0 Å². The van der Waals surface area contributed by atoms with E-state index in [2.05, 4.69) is 42.2 Å². The fourth-order valence-electron chi connectivity index (χ4n) is 2.54. The maximum Gasteiger partial charge on any atom is 0.137 e. The lowest BCUT2D eigenvalue weighted by Crippen LogP contribution is -1.93. The monoisotopic (exact) mass is 275 g/mol. The topological polar surface area (TPSA) is 41.1 Å². The summed E-state index contributed by atoms with van der Waals surface area (Å²) < 4.78 is 1.99. The normalized spacial score (nSPS) is 10.7. The lowest BCUT2D eigenvalue weighted by molar-refractivity contribution is 1.07. The van der Waals surface area contributed by atoms with E-state index in [-0.39, 0.29) is 0 Å². The molecular weight excluding hydrogens is 258 g/mol. The molecule has 3 nitrogen and oxygen atoms in total. The average Bonchev–Trinajstić information content (AvgIpc) is 2.92. The van der Waals surface area contributed by atoms with Crippen LogP contribution in [0.15, 0.2) is 42.6 Å². The predicted molar refractivity (Wildman–Crippen MR) is 83.3 cm³/mol. The number of aromatic nitrogens is 2. The number of nitrogens with zero attached hydrogens (tertiary/aromatic N) is 3. The van der Waals surface area contributed by atoms with Crippen LogP contribution >= 0.6 is 0 Å². The number of imidazole rings is 1. The summed E-state index contributed by atoms with van der Waals surface area (Å²) >= 11 is 0. The first-order valence-corrected chi connectivity index (χ1v) is 7.16. The quantitative estimate of drug-likeness (QED) is 0.732. The summed E-state index contributed by atoms with van der Waals surface area (Å²) in [6.45, 7) is 4.11. The van der Waals surface area contributed by atoms with Crippen molar-refractivity contribution in [2.24, 2.45) is 0 Å². The van der Waals surface area contributed by atoms with Crippen LogP contribution in [0.5, 0.6) is 0 Å². The summed E-state index contributed by atoms with van der Waals surface area (Å²) in [5, 5.41) is 9.09. The van der Waals surface area contributed by atoms with Crippen LogP contribution in [0.2, 0.25) is 0 Å². The maximum atomic E-state index is 9.09. The molecule has 2 aromatic heterocycles. The molecule has 3 aromatic rings. The largest absolute Gasteiger partial charge is 0.303 e. The lowest BCUT2D eigenvalue weighted by atomic mass is 10.1. The number of hydrogen-bond donors (Lipinski definition) is 0. The second-order valence-corrected chi connectivity index (χ2v) is 5.25.